The molecular formula is C11H20O4. The number of unbranched alkanes of at least 4 members (excludes halogenated alkanes) is 1. The molecule has 0 radical (unpaired) electrons. The zero-order chi connectivity index (χ0) is 11.3. The minimum atomic E-state index is -0.951. The number of hydrogen-bond acceptors (Lipinski definition) is 4. The highest BCUT2D eigenvalue weighted by atomic mass is 16.6. The predicted octanol–water partition coefficient (Wildman–Crippen LogP) is 0.996. The van der Waals surface area contributed by atoms with Crippen LogP contribution < -0.4 is 0 Å². The minimum absolute atomic E-state index is 0.259. The van der Waals surface area contributed by atoms with Crippen LogP contribution in [0.25, 0.3) is 0 Å². The van der Waals surface area contributed by atoms with Crippen molar-refractivity contribution in [3.8, 4) is 0 Å². The summed E-state index contributed by atoms with van der Waals surface area (Å²) in [6.07, 6.45) is 3.37. The molecule has 0 bridgehead atoms. The molecule has 0 saturated carbocycles. The van der Waals surface area contributed by atoms with E-state index in [9.17, 15) is 9.90 Å². The molecule has 1 saturated heterocycles. The Kier molecular flexibility index (Phi) is 4.54. The van der Waals surface area contributed by atoms with Gasteiger partial charge in [0.1, 0.15) is 11.7 Å². The Labute approximate surface area is 90.2 Å². The van der Waals surface area contributed by atoms with Gasteiger partial charge in [0.15, 0.2) is 0 Å². The van der Waals surface area contributed by atoms with Crippen LogP contribution >= 0.6 is 0 Å². The zero-order valence-electron chi connectivity index (χ0n) is 9.24. The third-order valence-corrected chi connectivity index (χ3v) is 3.03. The number of cyclic esters (lactones) is 1. The minimum Gasteiger partial charge on any atom is -0.456 e. The van der Waals surface area contributed by atoms with Gasteiger partial charge in [0.25, 0.3) is 0 Å². The first-order valence-electron chi connectivity index (χ1n) is 5.65. The second-order valence-electron chi connectivity index (χ2n) is 4.19. The fraction of sp³-hybridized carbons (Fsp3) is 0.909. The summed E-state index contributed by atoms with van der Waals surface area (Å²) in [7, 11) is 0. The number of rotatable bonds is 5. The lowest BCUT2D eigenvalue weighted by molar-refractivity contribution is -0.189. The van der Waals surface area contributed by atoms with Crippen LogP contribution in [-0.4, -0.2) is 34.5 Å². The van der Waals surface area contributed by atoms with Gasteiger partial charge in [0.05, 0.1) is 6.61 Å². The molecule has 2 atom stereocenters. The lowest BCUT2D eigenvalue weighted by atomic mass is 9.84. The van der Waals surface area contributed by atoms with Crippen LogP contribution in [0.2, 0.25) is 0 Å². The summed E-state index contributed by atoms with van der Waals surface area (Å²) in [6.45, 7) is 1.70. The van der Waals surface area contributed by atoms with Gasteiger partial charge >= 0.3 is 5.97 Å². The SMILES string of the molecule is CCCC[C@]1([C@@H](O)CO)CCCC(=O)O1. The van der Waals surface area contributed by atoms with Crippen LogP contribution in [0, 0.1) is 0 Å². The van der Waals surface area contributed by atoms with Crippen molar-refractivity contribution < 1.29 is 19.7 Å². The molecule has 0 aromatic carbocycles. The lowest BCUT2D eigenvalue weighted by Crippen LogP contribution is -2.50. The molecule has 88 valence electrons. The number of aliphatic hydroxyl groups is 2. The van der Waals surface area contributed by atoms with E-state index in [-0.39, 0.29) is 12.6 Å². The molecule has 0 aliphatic carbocycles. The second kappa shape index (κ2) is 5.47. The molecule has 0 unspecified atom stereocenters. The molecule has 15 heavy (non-hydrogen) atoms. The predicted molar refractivity (Wildman–Crippen MR) is 55.3 cm³/mol. The van der Waals surface area contributed by atoms with Crippen LogP contribution in [0.3, 0.4) is 0 Å². The van der Waals surface area contributed by atoms with E-state index in [0.717, 1.165) is 19.3 Å². The fourth-order valence-electron chi connectivity index (χ4n) is 2.08. The van der Waals surface area contributed by atoms with Crippen molar-refractivity contribution in [3.05, 3.63) is 0 Å². The third-order valence-electron chi connectivity index (χ3n) is 3.03. The van der Waals surface area contributed by atoms with Gasteiger partial charge < -0.3 is 14.9 Å². The third kappa shape index (κ3) is 2.92. The summed E-state index contributed by atoms with van der Waals surface area (Å²) in [6, 6.07) is 0. The number of carbonyl (C=O) groups excluding carboxylic acids is 1. The van der Waals surface area contributed by atoms with Crippen molar-refractivity contribution in [2.75, 3.05) is 6.61 Å². The van der Waals surface area contributed by atoms with Crippen LogP contribution in [0.4, 0.5) is 0 Å². The lowest BCUT2D eigenvalue weighted by Gasteiger charge is -2.39. The summed E-state index contributed by atoms with van der Waals surface area (Å²) < 4.78 is 5.28. The van der Waals surface area contributed by atoms with Crippen molar-refractivity contribution in [1.29, 1.82) is 0 Å². The van der Waals surface area contributed by atoms with Gasteiger partial charge in [-0.1, -0.05) is 13.3 Å². The first-order valence-corrected chi connectivity index (χ1v) is 5.65. The van der Waals surface area contributed by atoms with E-state index < -0.39 is 11.7 Å². The molecule has 1 fully saturated rings. The van der Waals surface area contributed by atoms with Gasteiger partial charge in [-0.2, -0.15) is 0 Å². The van der Waals surface area contributed by atoms with Crippen molar-refractivity contribution in [1.82, 2.24) is 0 Å². The van der Waals surface area contributed by atoms with E-state index in [1.165, 1.54) is 0 Å². The standard InChI is InChI=1S/C11H20O4/c1-2-3-6-11(9(13)8-12)7-4-5-10(14)15-11/h9,12-13H,2-8H2,1H3/t9-,11+/m0/s1. The summed E-state index contributed by atoms with van der Waals surface area (Å²) in [4.78, 5) is 11.2. The van der Waals surface area contributed by atoms with Gasteiger partial charge in [-0.05, 0) is 25.7 Å². The maximum Gasteiger partial charge on any atom is 0.306 e. The maximum atomic E-state index is 11.2. The van der Waals surface area contributed by atoms with E-state index in [4.69, 9.17) is 9.84 Å². The Morgan fingerprint density at radius 1 is 1.60 bits per heavy atom. The van der Waals surface area contributed by atoms with E-state index >= 15 is 0 Å². The van der Waals surface area contributed by atoms with Crippen LogP contribution in [-0.2, 0) is 9.53 Å². The molecule has 1 aliphatic heterocycles. The van der Waals surface area contributed by atoms with Gasteiger partial charge in [0, 0.05) is 6.42 Å². The summed E-state index contributed by atoms with van der Waals surface area (Å²) in [5.41, 5.74) is -0.833. The number of ether oxygens (including phenoxy) is 1. The smallest absolute Gasteiger partial charge is 0.306 e. The molecule has 1 aliphatic rings. The highest BCUT2D eigenvalue weighted by molar-refractivity contribution is 5.70. The van der Waals surface area contributed by atoms with E-state index in [1.54, 1.807) is 0 Å². The van der Waals surface area contributed by atoms with E-state index in [2.05, 4.69) is 0 Å². The maximum absolute atomic E-state index is 11.2. The molecule has 0 aromatic heterocycles. The fourth-order valence-corrected chi connectivity index (χ4v) is 2.08. The molecular weight excluding hydrogens is 196 g/mol. The normalized spacial score (nSPS) is 28.6. The van der Waals surface area contributed by atoms with Crippen LogP contribution in [0.15, 0.2) is 0 Å². The Balaban J connectivity index is 2.69. The van der Waals surface area contributed by atoms with Crippen molar-refractivity contribution >= 4 is 5.97 Å². The number of esters is 1. The molecule has 2 N–H and O–H groups in total. The van der Waals surface area contributed by atoms with Crippen molar-refractivity contribution in [2.24, 2.45) is 0 Å². The molecule has 1 heterocycles. The first kappa shape index (κ1) is 12.5. The molecule has 0 spiro atoms. The van der Waals surface area contributed by atoms with Gasteiger partial charge in [-0.15, -0.1) is 0 Å². The van der Waals surface area contributed by atoms with E-state index in [0.29, 0.717) is 19.3 Å². The Hall–Kier alpha value is -0.610. The molecule has 0 amide bonds. The molecule has 1 rings (SSSR count). The average molecular weight is 216 g/mol. The largest absolute Gasteiger partial charge is 0.456 e. The quantitative estimate of drug-likeness (QED) is 0.673. The summed E-state index contributed by atoms with van der Waals surface area (Å²) in [5.74, 6) is -0.259. The Morgan fingerprint density at radius 2 is 2.33 bits per heavy atom. The van der Waals surface area contributed by atoms with Gasteiger partial charge in [0.2, 0.25) is 0 Å². The molecule has 0 aromatic rings. The monoisotopic (exact) mass is 216 g/mol. The van der Waals surface area contributed by atoms with Crippen molar-refractivity contribution in [2.45, 2.75) is 57.2 Å². The van der Waals surface area contributed by atoms with Crippen LogP contribution in [0.1, 0.15) is 45.4 Å². The Morgan fingerprint density at radius 3 is 2.87 bits per heavy atom. The second-order valence-corrected chi connectivity index (χ2v) is 4.19. The Bertz CT molecular complexity index is 217. The first-order chi connectivity index (χ1) is 7.14. The average Bonchev–Trinajstić information content (AvgIpc) is 2.25. The number of carbonyl (C=O) groups is 1. The zero-order valence-corrected chi connectivity index (χ0v) is 9.24. The molecule has 4 heteroatoms. The highest BCUT2D eigenvalue weighted by Gasteiger charge is 2.42. The molecule has 4 nitrogen and oxygen atoms in total. The summed E-state index contributed by atoms with van der Waals surface area (Å²) >= 11 is 0. The number of aliphatic hydroxyl groups excluding tert-OH is 2. The number of hydrogen-bond donors (Lipinski definition) is 2. The summed E-state index contributed by atoms with van der Waals surface area (Å²) in [5, 5.41) is 18.7. The topological polar surface area (TPSA) is 66.8 Å². The highest BCUT2D eigenvalue weighted by Crippen LogP contribution is 2.33. The van der Waals surface area contributed by atoms with Crippen molar-refractivity contribution in [3.63, 3.8) is 0 Å². The van der Waals surface area contributed by atoms with Gasteiger partial charge in [-0.3, -0.25) is 4.79 Å². The van der Waals surface area contributed by atoms with E-state index in [1.807, 2.05) is 6.92 Å². The van der Waals surface area contributed by atoms with Crippen LogP contribution in [0.5, 0.6) is 0 Å². The van der Waals surface area contributed by atoms with Gasteiger partial charge in [-0.25, -0.2) is 0 Å².